The van der Waals surface area contributed by atoms with Gasteiger partial charge in [0.05, 0.1) is 5.60 Å². The predicted molar refractivity (Wildman–Crippen MR) is 73.0 cm³/mol. The van der Waals surface area contributed by atoms with E-state index in [1.807, 2.05) is 20.8 Å². The van der Waals surface area contributed by atoms with Crippen LogP contribution in [0, 0.1) is 18.6 Å². The van der Waals surface area contributed by atoms with Gasteiger partial charge in [-0.2, -0.15) is 0 Å². The summed E-state index contributed by atoms with van der Waals surface area (Å²) >= 11 is 0. The Morgan fingerprint density at radius 3 is 2.21 bits per heavy atom. The third-order valence-electron chi connectivity index (χ3n) is 3.12. The number of aryl methyl sites for hydroxylation is 1. The van der Waals surface area contributed by atoms with Crippen LogP contribution in [0.4, 0.5) is 8.78 Å². The molecule has 0 saturated carbocycles. The van der Waals surface area contributed by atoms with Crippen molar-refractivity contribution in [1.82, 2.24) is 5.32 Å². The molecular formula is C15H23F2NO. The minimum absolute atomic E-state index is 0.00584. The molecular weight excluding hydrogens is 248 g/mol. The lowest BCUT2D eigenvalue weighted by Gasteiger charge is -2.28. The maximum absolute atomic E-state index is 13.9. The molecule has 1 unspecified atom stereocenters. The number of nitrogens with one attached hydrogen (secondary N) is 1. The number of benzene rings is 1. The van der Waals surface area contributed by atoms with E-state index in [2.05, 4.69) is 5.32 Å². The van der Waals surface area contributed by atoms with E-state index >= 15 is 0 Å². The summed E-state index contributed by atoms with van der Waals surface area (Å²) in [6.07, 6.45) is 0.309. The predicted octanol–water partition coefficient (Wildman–Crippen LogP) is 3.26. The molecule has 1 aromatic carbocycles. The first-order valence-electron chi connectivity index (χ1n) is 6.47. The fourth-order valence-corrected chi connectivity index (χ4v) is 1.88. The number of halogens is 2. The Morgan fingerprint density at radius 2 is 1.68 bits per heavy atom. The Hall–Kier alpha value is -1.00. The van der Waals surface area contributed by atoms with E-state index < -0.39 is 17.2 Å². The van der Waals surface area contributed by atoms with Gasteiger partial charge in [-0.15, -0.1) is 0 Å². The average Bonchev–Trinajstić information content (AvgIpc) is 2.23. The molecule has 0 bridgehead atoms. The molecule has 1 atom stereocenters. The molecule has 0 heterocycles. The average molecular weight is 271 g/mol. The van der Waals surface area contributed by atoms with Gasteiger partial charge in [-0.05, 0) is 53.1 Å². The van der Waals surface area contributed by atoms with E-state index in [4.69, 9.17) is 0 Å². The first kappa shape index (κ1) is 16.1. The van der Waals surface area contributed by atoms with E-state index in [-0.39, 0.29) is 16.7 Å². The van der Waals surface area contributed by atoms with Crippen LogP contribution in [0.15, 0.2) is 12.1 Å². The Morgan fingerprint density at radius 1 is 1.11 bits per heavy atom. The topological polar surface area (TPSA) is 32.3 Å². The second-order valence-electron chi connectivity index (χ2n) is 6.26. The normalized spacial score (nSPS) is 15.4. The number of hydrogen-bond donors (Lipinski definition) is 2. The Balaban J connectivity index is 2.86. The molecule has 0 radical (unpaired) electrons. The third kappa shape index (κ3) is 4.25. The minimum Gasteiger partial charge on any atom is -0.385 e. The van der Waals surface area contributed by atoms with Crippen LogP contribution in [0.2, 0.25) is 0 Å². The molecule has 2 nitrogen and oxygen atoms in total. The van der Waals surface area contributed by atoms with Crippen molar-refractivity contribution in [2.45, 2.75) is 52.2 Å². The van der Waals surface area contributed by atoms with Crippen molar-refractivity contribution in [3.63, 3.8) is 0 Å². The van der Waals surface area contributed by atoms with E-state index in [9.17, 15) is 13.9 Å². The second kappa shape index (κ2) is 5.55. The Bertz CT molecular complexity index is 450. The first-order valence-corrected chi connectivity index (χ1v) is 6.47. The molecule has 0 aromatic heterocycles. The van der Waals surface area contributed by atoms with Crippen molar-refractivity contribution in [2.24, 2.45) is 0 Å². The van der Waals surface area contributed by atoms with Gasteiger partial charge in [-0.1, -0.05) is 12.1 Å². The van der Waals surface area contributed by atoms with Crippen molar-refractivity contribution in [1.29, 1.82) is 0 Å². The summed E-state index contributed by atoms with van der Waals surface area (Å²) in [6, 6.07) is 2.93. The van der Waals surface area contributed by atoms with Gasteiger partial charge in [0.15, 0.2) is 11.6 Å². The molecule has 0 aliphatic heterocycles. The maximum atomic E-state index is 13.9. The van der Waals surface area contributed by atoms with Crippen LogP contribution < -0.4 is 5.32 Å². The summed E-state index contributed by atoms with van der Waals surface area (Å²) in [5.41, 5.74) is -1.22. The second-order valence-corrected chi connectivity index (χ2v) is 6.26. The van der Waals surface area contributed by atoms with Crippen molar-refractivity contribution in [2.75, 3.05) is 6.54 Å². The largest absolute Gasteiger partial charge is 0.385 e. The molecule has 0 saturated heterocycles. The molecule has 0 spiro atoms. The lowest BCUT2D eigenvalue weighted by Crippen LogP contribution is -2.39. The lowest BCUT2D eigenvalue weighted by molar-refractivity contribution is 0.0420. The van der Waals surface area contributed by atoms with Gasteiger partial charge in [0.2, 0.25) is 0 Å². The SMILES string of the molecule is Cc1ccc(C(C)(O)CCNC(C)(C)C)c(F)c1F. The summed E-state index contributed by atoms with van der Waals surface area (Å²) in [5, 5.41) is 13.5. The highest BCUT2D eigenvalue weighted by Gasteiger charge is 2.28. The van der Waals surface area contributed by atoms with Crippen LogP contribution in [0.3, 0.4) is 0 Å². The zero-order chi connectivity index (χ0) is 14.8. The molecule has 19 heavy (non-hydrogen) atoms. The molecule has 0 aliphatic carbocycles. The molecule has 0 fully saturated rings. The van der Waals surface area contributed by atoms with Gasteiger partial charge in [-0.3, -0.25) is 0 Å². The van der Waals surface area contributed by atoms with Crippen molar-refractivity contribution in [3.05, 3.63) is 34.9 Å². The molecule has 0 amide bonds. The quantitative estimate of drug-likeness (QED) is 0.881. The monoisotopic (exact) mass is 271 g/mol. The van der Waals surface area contributed by atoms with Gasteiger partial charge >= 0.3 is 0 Å². The standard InChI is InChI=1S/C15H23F2NO/c1-10-6-7-11(13(17)12(10)16)15(5,19)8-9-18-14(2,3)4/h6-7,18-19H,8-9H2,1-5H3. The lowest BCUT2D eigenvalue weighted by atomic mass is 9.90. The van der Waals surface area contributed by atoms with Gasteiger partial charge in [-0.25, -0.2) is 8.78 Å². The number of hydrogen-bond acceptors (Lipinski definition) is 2. The van der Waals surface area contributed by atoms with E-state index in [1.165, 1.54) is 26.0 Å². The van der Waals surface area contributed by atoms with Crippen molar-refractivity contribution in [3.8, 4) is 0 Å². The van der Waals surface area contributed by atoms with Crippen LogP contribution in [0.1, 0.15) is 45.2 Å². The number of rotatable bonds is 4. The maximum Gasteiger partial charge on any atom is 0.165 e. The molecule has 1 rings (SSSR count). The summed E-state index contributed by atoms with van der Waals surface area (Å²) in [6.45, 7) is 9.55. The number of aliphatic hydroxyl groups is 1. The fraction of sp³-hybridized carbons (Fsp3) is 0.600. The van der Waals surface area contributed by atoms with Gasteiger partial charge in [0, 0.05) is 11.1 Å². The Kier molecular flexibility index (Phi) is 4.69. The summed E-state index contributed by atoms with van der Waals surface area (Å²) in [5.74, 6) is -1.85. The van der Waals surface area contributed by atoms with Crippen LogP contribution in [-0.2, 0) is 5.60 Å². The van der Waals surface area contributed by atoms with E-state index in [0.29, 0.717) is 13.0 Å². The molecule has 0 aliphatic rings. The van der Waals surface area contributed by atoms with Crippen molar-refractivity contribution >= 4 is 0 Å². The molecule has 2 N–H and O–H groups in total. The van der Waals surface area contributed by atoms with E-state index in [0.717, 1.165) is 0 Å². The van der Waals surface area contributed by atoms with Crippen LogP contribution in [0.5, 0.6) is 0 Å². The minimum atomic E-state index is -1.39. The van der Waals surface area contributed by atoms with Gasteiger partial charge < -0.3 is 10.4 Å². The van der Waals surface area contributed by atoms with E-state index in [1.54, 1.807) is 0 Å². The third-order valence-corrected chi connectivity index (χ3v) is 3.12. The smallest absolute Gasteiger partial charge is 0.165 e. The zero-order valence-electron chi connectivity index (χ0n) is 12.3. The fourth-order valence-electron chi connectivity index (χ4n) is 1.88. The van der Waals surface area contributed by atoms with Crippen molar-refractivity contribution < 1.29 is 13.9 Å². The molecule has 108 valence electrons. The van der Waals surface area contributed by atoms with Crippen LogP contribution >= 0.6 is 0 Å². The Labute approximate surface area is 113 Å². The highest BCUT2D eigenvalue weighted by atomic mass is 19.2. The molecule has 1 aromatic rings. The summed E-state index contributed by atoms with van der Waals surface area (Å²) < 4.78 is 27.4. The highest BCUT2D eigenvalue weighted by molar-refractivity contribution is 5.29. The first-order chi connectivity index (χ1) is 8.54. The van der Waals surface area contributed by atoms with Crippen LogP contribution in [0.25, 0.3) is 0 Å². The molecule has 4 heteroatoms. The van der Waals surface area contributed by atoms with Crippen LogP contribution in [-0.4, -0.2) is 17.2 Å². The highest BCUT2D eigenvalue weighted by Crippen LogP contribution is 2.29. The van der Waals surface area contributed by atoms with Gasteiger partial charge in [0.25, 0.3) is 0 Å². The zero-order valence-corrected chi connectivity index (χ0v) is 12.3. The summed E-state index contributed by atoms with van der Waals surface area (Å²) in [4.78, 5) is 0. The summed E-state index contributed by atoms with van der Waals surface area (Å²) in [7, 11) is 0. The van der Waals surface area contributed by atoms with Gasteiger partial charge in [0.1, 0.15) is 0 Å².